The number of amides is 1. The van der Waals surface area contributed by atoms with Gasteiger partial charge in [-0.1, -0.05) is 59.1 Å². The van der Waals surface area contributed by atoms with Crippen molar-refractivity contribution in [2.45, 2.75) is 13.5 Å². The van der Waals surface area contributed by atoms with Crippen LogP contribution in [0.25, 0.3) is 6.08 Å². The first-order valence-electron chi connectivity index (χ1n) is 9.22. The molecule has 1 amide bonds. The highest BCUT2D eigenvalue weighted by Crippen LogP contribution is 2.24. The maximum Gasteiger partial charge on any atom is 0.266 e. The van der Waals surface area contributed by atoms with Crippen molar-refractivity contribution in [3.8, 4) is 11.8 Å². The fourth-order valence-electron chi connectivity index (χ4n) is 2.73. The second-order valence-electron chi connectivity index (χ2n) is 6.68. The van der Waals surface area contributed by atoms with E-state index in [2.05, 4.69) is 5.32 Å². The van der Waals surface area contributed by atoms with Gasteiger partial charge in [0.2, 0.25) is 0 Å². The molecule has 0 saturated heterocycles. The Morgan fingerprint density at radius 2 is 1.81 bits per heavy atom. The van der Waals surface area contributed by atoms with Gasteiger partial charge in [-0.3, -0.25) is 4.79 Å². The molecule has 3 aromatic carbocycles. The lowest BCUT2D eigenvalue weighted by molar-refractivity contribution is -0.112. The van der Waals surface area contributed by atoms with Gasteiger partial charge in [0.05, 0.1) is 0 Å². The smallest absolute Gasteiger partial charge is 0.266 e. The zero-order valence-corrected chi connectivity index (χ0v) is 18.7. The van der Waals surface area contributed by atoms with Gasteiger partial charge in [0.1, 0.15) is 24.0 Å². The van der Waals surface area contributed by atoms with E-state index < -0.39 is 5.91 Å². The van der Waals surface area contributed by atoms with Crippen LogP contribution in [0.1, 0.15) is 16.7 Å². The van der Waals surface area contributed by atoms with Gasteiger partial charge in [-0.25, -0.2) is 0 Å². The summed E-state index contributed by atoms with van der Waals surface area (Å²) < 4.78 is 5.80. The number of nitrogens with one attached hydrogen (secondary N) is 1. The quantitative estimate of drug-likeness (QED) is 0.308. The summed E-state index contributed by atoms with van der Waals surface area (Å²) in [5.74, 6) is 0.0512. The van der Waals surface area contributed by atoms with E-state index in [1.54, 1.807) is 60.7 Å². The minimum Gasteiger partial charge on any atom is -0.489 e. The van der Waals surface area contributed by atoms with E-state index in [0.717, 1.165) is 11.1 Å². The Balaban J connectivity index is 1.74. The molecule has 3 aromatic rings. The number of ether oxygens (including phenoxy) is 1. The average molecular weight is 472 g/mol. The highest BCUT2D eigenvalue weighted by molar-refractivity contribution is 6.35. The summed E-state index contributed by atoms with van der Waals surface area (Å²) in [5.41, 5.74) is 2.79. The van der Waals surface area contributed by atoms with E-state index >= 15 is 0 Å². The van der Waals surface area contributed by atoms with Crippen molar-refractivity contribution in [3.63, 3.8) is 0 Å². The summed E-state index contributed by atoms with van der Waals surface area (Å²) >= 11 is 18.1. The maximum absolute atomic E-state index is 12.6. The highest BCUT2D eigenvalue weighted by Gasteiger charge is 2.12. The van der Waals surface area contributed by atoms with E-state index in [-0.39, 0.29) is 12.2 Å². The summed E-state index contributed by atoms with van der Waals surface area (Å²) in [4.78, 5) is 12.6. The number of carbonyl (C=O) groups is 1. The standard InChI is InChI=1S/C24H17Cl3N2O2/c1-15-5-7-20(26)12-23(15)29-24(30)18(13-28)9-16-3-2-4-21(10-16)31-14-17-6-8-19(25)11-22(17)27/h2-12H,14H2,1H3,(H,29,30)/b18-9-. The fraction of sp³-hybridized carbons (Fsp3) is 0.0833. The predicted octanol–water partition coefficient (Wildman–Crippen LogP) is 7.08. The first kappa shape index (κ1) is 22.7. The summed E-state index contributed by atoms with van der Waals surface area (Å²) in [6, 6.07) is 19.4. The average Bonchev–Trinajstić information content (AvgIpc) is 2.74. The Morgan fingerprint density at radius 1 is 1.06 bits per heavy atom. The number of halogens is 3. The Labute approximate surface area is 195 Å². The van der Waals surface area contributed by atoms with Crippen LogP contribution < -0.4 is 10.1 Å². The van der Waals surface area contributed by atoms with Gasteiger partial charge in [0, 0.05) is 26.3 Å². The van der Waals surface area contributed by atoms with Crippen LogP contribution in [0.5, 0.6) is 5.75 Å². The normalized spacial score (nSPS) is 11.0. The van der Waals surface area contributed by atoms with E-state index in [0.29, 0.717) is 32.1 Å². The molecule has 0 fully saturated rings. The van der Waals surface area contributed by atoms with Crippen LogP contribution in [-0.4, -0.2) is 5.91 Å². The molecule has 0 aliphatic carbocycles. The number of nitrogens with zero attached hydrogens (tertiary/aromatic N) is 1. The third-order valence-electron chi connectivity index (χ3n) is 4.39. The van der Waals surface area contributed by atoms with Crippen LogP contribution in [0.4, 0.5) is 5.69 Å². The van der Waals surface area contributed by atoms with Gasteiger partial charge in [0.15, 0.2) is 0 Å². The number of carbonyl (C=O) groups excluding carboxylic acids is 1. The number of hydrogen-bond donors (Lipinski definition) is 1. The van der Waals surface area contributed by atoms with Gasteiger partial charge in [0.25, 0.3) is 5.91 Å². The zero-order valence-electron chi connectivity index (χ0n) is 16.5. The summed E-state index contributed by atoms with van der Waals surface area (Å²) in [6.07, 6.45) is 1.50. The maximum atomic E-state index is 12.6. The topological polar surface area (TPSA) is 62.1 Å². The molecule has 0 atom stereocenters. The van der Waals surface area contributed by atoms with Crippen molar-refractivity contribution in [1.82, 2.24) is 0 Å². The van der Waals surface area contributed by atoms with E-state index in [1.165, 1.54) is 6.08 Å². The molecule has 0 spiro atoms. The zero-order chi connectivity index (χ0) is 22.4. The molecule has 0 heterocycles. The van der Waals surface area contributed by atoms with Crippen molar-refractivity contribution >= 4 is 52.5 Å². The van der Waals surface area contributed by atoms with Crippen LogP contribution in [-0.2, 0) is 11.4 Å². The molecular formula is C24H17Cl3N2O2. The third kappa shape index (κ3) is 6.26. The number of hydrogen-bond acceptors (Lipinski definition) is 3. The first-order chi connectivity index (χ1) is 14.9. The molecule has 0 aliphatic heterocycles. The third-order valence-corrected chi connectivity index (χ3v) is 5.21. The van der Waals surface area contributed by atoms with E-state index in [1.807, 2.05) is 13.0 Å². The number of anilines is 1. The number of benzene rings is 3. The first-order valence-corrected chi connectivity index (χ1v) is 10.3. The Hall–Kier alpha value is -2.97. The molecule has 0 bridgehead atoms. The monoisotopic (exact) mass is 470 g/mol. The Kier molecular flexibility index (Phi) is 7.59. The minimum absolute atomic E-state index is 0.0442. The summed E-state index contributed by atoms with van der Waals surface area (Å²) in [5, 5.41) is 13.8. The highest BCUT2D eigenvalue weighted by atomic mass is 35.5. The molecule has 0 saturated carbocycles. The van der Waals surface area contributed by atoms with Crippen LogP contribution >= 0.6 is 34.8 Å². The van der Waals surface area contributed by atoms with Gasteiger partial charge in [-0.15, -0.1) is 0 Å². The number of nitriles is 1. The second kappa shape index (κ2) is 10.4. The lowest BCUT2D eigenvalue weighted by Gasteiger charge is -2.10. The van der Waals surface area contributed by atoms with Crippen molar-refractivity contribution in [2.75, 3.05) is 5.32 Å². The number of aryl methyl sites for hydroxylation is 1. The van der Waals surface area contributed by atoms with Crippen LogP contribution in [0.15, 0.2) is 66.2 Å². The second-order valence-corrected chi connectivity index (χ2v) is 7.96. The lowest BCUT2D eigenvalue weighted by Crippen LogP contribution is -2.14. The molecular weight excluding hydrogens is 455 g/mol. The molecule has 0 aromatic heterocycles. The summed E-state index contributed by atoms with van der Waals surface area (Å²) in [6.45, 7) is 2.10. The lowest BCUT2D eigenvalue weighted by atomic mass is 10.1. The number of rotatable bonds is 6. The predicted molar refractivity (Wildman–Crippen MR) is 126 cm³/mol. The van der Waals surface area contributed by atoms with Crippen molar-refractivity contribution in [3.05, 3.63) is 98.0 Å². The summed E-state index contributed by atoms with van der Waals surface area (Å²) in [7, 11) is 0. The Bertz CT molecular complexity index is 1200. The molecule has 0 unspecified atom stereocenters. The van der Waals surface area contributed by atoms with Gasteiger partial charge < -0.3 is 10.1 Å². The largest absolute Gasteiger partial charge is 0.489 e. The van der Waals surface area contributed by atoms with Crippen molar-refractivity contribution in [2.24, 2.45) is 0 Å². The molecule has 4 nitrogen and oxygen atoms in total. The molecule has 1 N–H and O–H groups in total. The van der Waals surface area contributed by atoms with Crippen LogP contribution in [0.2, 0.25) is 15.1 Å². The minimum atomic E-state index is -0.521. The molecule has 31 heavy (non-hydrogen) atoms. The SMILES string of the molecule is Cc1ccc(Cl)cc1NC(=O)/C(C#N)=C\c1cccc(OCc2ccc(Cl)cc2Cl)c1. The molecule has 7 heteroatoms. The molecule has 0 aliphatic rings. The van der Waals surface area contributed by atoms with E-state index in [4.69, 9.17) is 39.5 Å². The Morgan fingerprint density at radius 3 is 2.55 bits per heavy atom. The molecule has 3 rings (SSSR count). The van der Waals surface area contributed by atoms with Crippen molar-refractivity contribution < 1.29 is 9.53 Å². The fourth-order valence-corrected chi connectivity index (χ4v) is 3.36. The van der Waals surface area contributed by atoms with E-state index in [9.17, 15) is 10.1 Å². The van der Waals surface area contributed by atoms with Crippen LogP contribution in [0.3, 0.4) is 0 Å². The van der Waals surface area contributed by atoms with Gasteiger partial charge in [-0.05, 0) is 60.5 Å². The molecule has 0 radical (unpaired) electrons. The molecule has 156 valence electrons. The van der Waals surface area contributed by atoms with Gasteiger partial charge >= 0.3 is 0 Å². The van der Waals surface area contributed by atoms with Gasteiger partial charge in [-0.2, -0.15) is 5.26 Å². The van der Waals surface area contributed by atoms with Crippen LogP contribution in [0, 0.1) is 18.3 Å². The van der Waals surface area contributed by atoms with Crippen molar-refractivity contribution in [1.29, 1.82) is 5.26 Å².